The number of nitrogens with zero attached hydrogens (tertiary/aromatic N) is 4. The molecule has 27 heavy (non-hydrogen) atoms. The van der Waals surface area contributed by atoms with Gasteiger partial charge >= 0.3 is 6.18 Å². The average Bonchev–Trinajstić information content (AvgIpc) is 2.68. The molecule has 0 aliphatic heterocycles. The predicted molar refractivity (Wildman–Crippen MR) is 92.1 cm³/mol. The third-order valence-corrected chi connectivity index (χ3v) is 3.80. The third kappa shape index (κ3) is 3.41. The van der Waals surface area contributed by atoms with Gasteiger partial charge in [-0.3, -0.25) is 9.97 Å². The van der Waals surface area contributed by atoms with Crippen LogP contribution in [-0.2, 0) is 6.18 Å². The maximum Gasteiger partial charge on any atom is 0.433 e. The molecule has 0 saturated carbocycles. The topological polar surface area (TPSA) is 60.8 Å². The number of rotatable bonds is 3. The Labute approximate surface area is 151 Å². The summed E-state index contributed by atoms with van der Waals surface area (Å²) in [6, 6.07) is 11.1. The zero-order valence-corrected chi connectivity index (χ0v) is 13.7. The van der Waals surface area contributed by atoms with Crippen molar-refractivity contribution in [2.24, 2.45) is 0 Å². The van der Waals surface area contributed by atoms with Crippen LogP contribution in [0, 0.1) is 0 Å². The van der Waals surface area contributed by atoms with E-state index in [0.717, 1.165) is 17.8 Å². The van der Waals surface area contributed by atoms with Gasteiger partial charge in [0.25, 0.3) is 0 Å². The van der Waals surface area contributed by atoms with Gasteiger partial charge in [0.2, 0.25) is 5.88 Å². The first-order valence-electron chi connectivity index (χ1n) is 7.88. The summed E-state index contributed by atoms with van der Waals surface area (Å²) in [5.74, 6) is 0.381. The van der Waals surface area contributed by atoms with E-state index < -0.39 is 11.9 Å². The number of aromatic nitrogens is 4. The molecule has 0 unspecified atom stereocenters. The van der Waals surface area contributed by atoms with Crippen LogP contribution in [-0.4, -0.2) is 19.9 Å². The Bertz CT molecular complexity index is 1090. The minimum Gasteiger partial charge on any atom is -0.437 e. The van der Waals surface area contributed by atoms with Gasteiger partial charge in [-0.2, -0.15) is 13.2 Å². The van der Waals surface area contributed by atoms with E-state index in [9.17, 15) is 13.2 Å². The maximum absolute atomic E-state index is 12.7. The molecule has 0 fully saturated rings. The molecule has 0 bridgehead atoms. The molecule has 0 radical (unpaired) electrons. The number of alkyl halides is 3. The van der Waals surface area contributed by atoms with Gasteiger partial charge in [0.1, 0.15) is 11.4 Å². The van der Waals surface area contributed by atoms with Crippen molar-refractivity contribution >= 4 is 11.0 Å². The largest absolute Gasteiger partial charge is 0.437 e. The highest BCUT2D eigenvalue weighted by molar-refractivity contribution is 5.92. The SMILES string of the molecule is FC(F)(F)c1ccc(Oc2ncccc2-c2cccc3nccnc23)cn1. The quantitative estimate of drug-likeness (QED) is 0.515. The number of pyridine rings is 2. The van der Waals surface area contributed by atoms with Crippen molar-refractivity contribution in [3.8, 4) is 22.8 Å². The first-order chi connectivity index (χ1) is 13.0. The minimum absolute atomic E-state index is 0.147. The highest BCUT2D eigenvalue weighted by Gasteiger charge is 2.32. The zero-order chi connectivity index (χ0) is 18.9. The van der Waals surface area contributed by atoms with Crippen LogP contribution in [0.4, 0.5) is 13.2 Å². The van der Waals surface area contributed by atoms with Gasteiger partial charge in [0.15, 0.2) is 0 Å². The van der Waals surface area contributed by atoms with Crippen LogP contribution >= 0.6 is 0 Å². The molecule has 4 aromatic rings. The lowest BCUT2D eigenvalue weighted by atomic mass is 10.1. The Morgan fingerprint density at radius 1 is 0.741 bits per heavy atom. The molecular weight excluding hydrogens is 357 g/mol. The number of halogens is 3. The summed E-state index contributed by atoms with van der Waals surface area (Å²) in [6.07, 6.45) is 1.23. The first-order valence-corrected chi connectivity index (χ1v) is 7.88. The van der Waals surface area contributed by atoms with E-state index in [0.29, 0.717) is 16.6 Å². The monoisotopic (exact) mass is 368 g/mol. The Balaban J connectivity index is 1.74. The molecule has 1 aromatic carbocycles. The van der Waals surface area contributed by atoms with Crippen LogP contribution in [0.5, 0.6) is 11.6 Å². The molecule has 0 aliphatic rings. The van der Waals surface area contributed by atoms with E-state index in [4.69, 9.17) is 4.74 Å². The van der Waals surface area contributed by atoms with Crippen LogP contribution in [0.25, 0.3) is 22.2 Å². The van der Waals surface area contributed by atoms with Gasteiger partial charge in [-0.1, -0.05) is 12.1 Å². The molecule has 0 spiro atoms. The van der Waals surface area contributed by atoms with Gasteiger partial charge in [0.05, 0.1) is 17.2 Å². The summed E-state index contributed by atoms with van der Waals surface area (Å²) in [5.41, 5.74) is 1.79. The fourth-order valence-electron chi connectivity index (χ4n) is 2.61. The van der Waals surface area contributed by atoms with Gasteiger partial charge in [0, 0.05) is 29.7 Å². The molecule has 0 N–H and O–H groups in total. The van der Waals surface area contributed by atoms with Crippen molar-refractivity contribution in [1.82, 2.24) is 19.9 Å². The molecule has 4 rings (SSSR count). The molecule has 8 heteroatoms. The molecule has 3 aromatic heterocycles. The van der Waals surface area contributed by atoms with Crippen molar-refractivity contribution in [2.75, 3.05) is 0 Å². The summed E-state index contributed by atoms with van der Waals surface area (Å²) in [7, 11) is 0. The van der Waals surface area contributed by atoms with E-state index in [2.05, 4.69) is 19.9 Å². The maximum atomic E-state index is 12.7. The Kier molecular flexibility index (Phi) is 4.15. The lowest BCUT2D eigenvalue weighted by molar-refractivity contribution is -0.141. The van der Waals surface area contributed by atoms with Crippen molar-refractivity contribution in [3.05, 3.63) is 72.9 Å². The van der Waals surface area contributed by atoms with Crippen molar-refractivity contribution in [2.45, 2.75) is 6.18 Å². The number of benzene rings is 1. The summed E-state index contributed by atoms with van der Waals surface area (Å²) < 4.78 is 43.6. The van der Waals surface area contributed by atoms with Gasteiger partial charge in [-0.05, 0) is 30.3 Å². The van der Waals surface area contributed by atoms with E-state index in [1.165, 1.54) is 12.3 Å². The number of ether oxygens (including phenoxy) is 1. The number of fused-ring (bicyclic) bond motifs is 1. The predicted octanol–water partition coefficient (Wildman–Crippen LogP) is 4.90. The molecular formula is C19H11F3N4O. The molecule has 0 atom stereocenters. The Morgan fingerprint density at radius 2 is 1.56 bits per heavy atom. The van der Waals surface area contributed by atoms with Crippen LogP contribution in [0.3, 0.4) is 0 Å². The second kappa shape index (κ2) is 6.64. The van der Waals surface area contributed by atoms with Crippen molar-refractivity contribution in [3.63, 3.8) is 0 Å². The standard InChI is InChI=1S/C19H11F3N4O/c20-19(21,22)16-7-6-12(11-26-16)27-18-14(4-2-8-25-18)13-3-1-5-15-17(13)24-10-9-23-15/h1-11H. The normalized spacial score (nSPS) is 11.5. The average molecular weight is 368 g/mol. The fraction of sp³-hybridized carbons (Fsp3) is 0.0526. The lowest BCUT2D eigenvalue weighted by Crippen LogP contribution is -2.07. The van der Waals surface area contributed by atoms with Crippen LogP contribution in [0.15, 0.2) is 67.3 Å². The van der Waals surface area contributed by atoms with E-state index in [1.807, 2.05) is 18.2 Å². The first kappa shape index (κ1) is 16.9. The van der Waals surface area contributed by atoms with Gasteiger partial charge < -0.3 is 4.74 Å². The highest BCUT2D eigenvalue weighted by atomic mass is 19.4. The van der Waals surface area contributed by atoms with Crippen LogP contribution in [0.2, 0.25) is 0 Å². The highest BCUT2D eigenvalue weighted by Crippen LogP contribution is 2.35. The number of hydrogen-bond acceptors (Lipinski definition) is 5. The Hall–Kier alpha value is -3.55. The van der Waals surface area contributed by atoms with E-state index in [-0.39, 0.29) is 11.6 Å². The van der Waals surface area contributed by atoms with Crippen LogP contribution < -0.4 is 4.74 Å². The van der Waals surface area contributed by atoms with Crippen molar-refractivity contribution < 1.29 is 17.9 Å². The van der Waals surface area contributed by atoms with Crippen LogP contribution in [0.1, 0.15) is 5.69 Å². The molecule has 3 heterocycles. The Morgan fingerprint density at radius 3 is 2.33 bits per heavy atom. The smallest absolute Gasteiger partial charge is 0.433 e. The molecule has 5 nitrogen and oxygen atoms in total. The molecule has 0 amide bonds. The minimum atomic E-state index is -4.50. The van der Waals surface area contributed by atoms with Crippen molar-refractivity contribution in [1.29, 1.82) is 0 Å². The summed E-state index contributed by atoms with van der Waals surface area (Å²) in [4.78, 5) is 16.2. The van der Waals surface area contributed by atoms with Gasteiger partial charge in [-0.15, -0.1) is 0 Å². The molecule has 134 valence electrons. The summed E-state index contributed by atoms with van der Waals surface area (Å²) >= 11 is 0. The number of hydrogen-bond donors (Lipinski definition) is 0. The third-order valence-electron chi connectivity index (χ3n) is 3.80. The zero-order valence-electron chi connectivity index (χ0n) is 13.7. The fourth-order valence-corrected chi connectivity index (χ4v) is 2.61. The molecule has 0 aliphatic carbocycles. The summed E-state index contributed by atoms with van der Waals surface area (Å²) in [5, 5.41) is 0. The second-order valence-corrected chi connectivity index (χ2v) is 5.56. The number of para-hydroxylation sites is 1. The lowest BCUT2D eigenvalue weighted by Gasteiger charge is -2.12. The molecule has 0 saturated heterocycles. The van der Waals surface area contributed by atoms with E-state index >= 15 is 0 Å². The van der Waals surface area contributed by atoms with Gasteiger partial charge in [-0.25, -0.2) is 9.97 Å². The summed E-state index contributed by atoms with van der Waals surface area (Å²) in [6.45, 7) is 0. The van der Waals surface area contributed by atoms with E-state index in [1.54, 1.807) is 24.5 Å². The second-order valence-electron chi connectivity index (χ2n) is 5.56.